The fourth-order valence-electron chi connectivity index (χ4n) is 2.97. The van der Waals surface area contributed by atoms with E-state index < -0.39 is 0 Å². The molecule has 9 heteroatoms. The Bertz CT molecular complexity index is 830. The highest BCUT2D eigenvalue weighted by Gasteiger charge is 2.28. The highest BCUT2D eigenvalue weighted by atomic mass is 16.5. The van der Waals surface area contributed by atoms with Gasteiger partial charge in [0.1, 0.15) is 6.10 Å². The Hall–Kier alpha value is -3.23. The maximum absolute atomic E-state index is 12.7. The highest BCUT2D eigenvalue weighted by molar-refractivity contribution is 5.91. The van der Waals surface area contributed by atoms with Gasteiger partial charge in [-0.1, -0.05) is 6.07 Å². The minimum Gasteiger partial charge on any atom is -0.493 e. The number of hydrogen-bond donors (Lipinski definition) is 1. The van der Waals surface area contributed by atoms with Crippen LogP contribution in [0.2, 0.25) is 0 Å². The van der Waals surface area contributed by atoms with Gasteiger partial charge in [-0.15, -0.1) is 0 Å². The van der Waals surface area contributed by atoms with Crippen molar-refractivity contribution in [2.24, 2.45) is 0 Å². The molecular weight excluding hydrogens is 362 g/mol. The summed E-state index contributed by atoms with van der Waals surface area (Å²) in [5.74, 6) is 2.21. The van der Waals surface area contributed by atoms with E-state index in [-0.39, 0.29) is 12.1 Å². The van der Waals surface area contributed by atoms with Crippen molar-refractivity contribution in [1.29, 1.82) is 0 Å². The molecule has 1 aromatic carbocycles. The number of carbonyl (C=O) groups excluding carboxylic acids is 1. The summed E-state index contributed by atoms with van der Waals surface area (Å²) in [6, 6.07) is 5.12. The summed E-state index contributed by atoms with van der Waals surface area (Å²) in [6.07, 6.45) is 3.83. The topological polar surface area (TPSA) is 89.0 Å². The van der Waals surface area contributed by atoms with Gasteiger partial charge in [0.25, 0.3) is 0 Å². The van der Waals surface area contributed by atoms with Crippen molar-refractivity contribution in [3.63, 3.8) is 0 Å². The zero-order valence-electron chi connectivity index (χ0n) is 16.5. The van der Waals surface area contributed by atoms with Crippen LogP contribution in [0.5, 0.6) is 17.4 Å². The first-order chi connectivity index (χ1) is 13.5. The SMILES string of the molecule is COc1cccc(NC(=O)N2CCC(Oc3cncc(N(C)C)n3)C2)c1OC. The van der Waals surface area contributed by atoms with E-state index in [9.17, 15) is 4.79 Å². The summed E-state index contributed by atoms with van der Waals surface area (Å²) in [6.45, 7) is 1.05. The average Bonchev–Trinajstić information content (AvgIpc) is 3.16. The van der Waals surface area contributed by atoms with Gasteiger partial charge in [-0.25, -0.2) is 4.79 Å². The molecule has 3 rings (SSSR count). The number of rotatable bonds is 6. The number of nitrogens with zero attached hydrogens (tertiary/aromatic N) is 4. The molecule has 2 aromatic rings. The van der Waals surface area contributed by atoms with Crippen LogP contribution in [-0.4, -0.2) is 68.4 Å². The van der Waals surface area contributed by atoms with Crippen molar-refractivity contribution >= 4 is 17.5 Å². The molecule has 1 aromatic heterocycles. The maximum Gasteiger partial charge on any atom is 0.322 e. The molecule has 1 aliphatic heterocycles. The number of para-hydroxylation sites is 1. The number of anilines is 2. The first-order valence-electron chi connectivity index (χ1n) is 8.94. The first kappa shape index (κ1) is 19.5. The Morgan fingerprint density at radius 3 is 2.79 bits per heavy atom. The third kappa shape index (κ3) is 4.36. The Labute approximate surface area is 164 Å². The van der Waals surface area contributed by atoms with Crippen LogP contribution in [0.3, 0.4) is 0 Å². The Morgan fingerprint density at radius 2 is 2.07 bits per heavy atom. The summed E-state index contributed by atoms with van der Waals surface area (Å²) in [7, 11) is 6.88. The molecule has 0 saturated carbocycles. The van der Waals surface area contributed by atoms with Gasteiger partial charge < -0.3 is 29.3 Å². The van der Waals surface area contributed by atoms with Crippen LogP contribution in [0.4, 0.5) is 16.3 Å². The predicted octanol–water partition coefficient (Wildman–Crippen LogP) is 2.25. The second-order valence-corrected chi connectivity index (χ2v) is 6.56. The molecule has 1 aliphatic rings. The largest absolute Gasteiger partial charge is 0.493 e. The summed E-state index contributed by atoms with van der Waals surface area (Å²) >= 11 is 0. The number of urea groups is 1. The van der Waals surface area contributed by atoms with Gasteiger partial charge in [0.05, 0.1) is 38.8 Å². The molecule has 1 saturated heterocycles. The van der Waals surface area contributed by atoms with Crippen LogP contribution in [0.25, 0.3) is 0 Å². The van der Waals surface area contributed by atoms with Crippen LogP contribution in [0, 0.1) is 0 Å². The number of carbonyl (C=O) groups is 1. The van der Waals surface area contributed by atoms with E-state index in [1.54, 1.807) is 42.6 Å². The maximum atomic E-state index is 12.7. The minimum atomic E-state index is -0.217. The lowest BCUT2D eigenvalue weighted by molar-refractivity contribution is 0.189. The summed E-state index contributed by atoms with van der Waals surface area (Å²) in [5, 5.41) is 2.88. The molecule has 1 unspecified atom stereocenters. The lowest BCUT2D eigenvalue weighted by atomic mass is 10.2. The van der Waals surface area contributed by atoms with Gasteiger partial charge in [0.15, 0.2) is 17.3 Å². The molecule has 0 radical (unpaired) electrons. The standard InChI is InChI=1S/C19H25N5O4/c1-23(2)16-10-20-11-17(22-16)28-13-8-9-24(12-13)19(25)21-14-6-5-7-15(26-3)18(14)27-4/h5-7,10-11,13H,8-9,12H2,1-4H3,(H,21,25). The van der Waals surface area contributed by atoms with Crippen molar-refractivity contribution in [3.8, 4) is 17.4 Å². The van der Waals surface area contributed by atoms with Gasteiger partial charge in [-0.05, 0) is 12.1 Å². The van der Waals surface area contributed by atoms with Crippen LogP contribution in [-0.2, 0) is 0 Å². The first-order valence-corrected chi connectivity index (χ1v) is 8.94. The van der Waals surface area contributed by atoms with E-state index in [1.807, 2.05) is 19.0 Å². The quantitative estimate of drug-likeness (QED) is 0.813. The summed E-state index contributed by atoms with van der Waals surface area (Å²) < 4.78 is 16.5. The highest BCUT2D eigenvalue weighted by Crippen LogP contribution is 2.35. The number of benzene rings is 1. The lowest BCUT2D eigenvalue weighted by Gasteiger charge is -2.19. The number of hydrogen-bond acceptors (Lipinski definition) is 7. The molecular formula is C19H25N5O4. The van der Waals surface area contributed by atoms with Crippen LogP contribution in [0.1, 0.15) is 6.42 Å². The number of ether oxygens (including phenoxy) is 3. The van der Waals surface area contributed by atoms with Crippen molar-refractivity contribution in [1.82, 2.24) is 14.9 Å². The second-order valence-electron chi connectivity index (χ2n) is 6.56. The molecule has 1 atom stereocenters. The van der Waals surface area contributed by atoms with Crippen LogP contribution < -0.4 is 24.4 Å². The Kier molecular flexibility index (Phi) is 6.03. The van der Waals surface area contributed by atoms with Gasteiger partial charge in [-0.3, -0.25) is 4.98 Å². The van der Waals surface area contributed by atoms with E-state index in [0.717, 1.165) is 12.2 Å². The molecule has 1 N–H and O–H groups in total. The van der Waals surface area contributed by atoms with Gasteiger partial charge in [0, 0.05) is 27.1 Å². The van der Waals surface area contributed by atoms with E-state index in [4.69, 9.17) is 14.2 Å². The average molecular weight is 387 g/mol. The van der Waals surface area contributed by atoms with E-state index in [2.05, 4.69) is 15.3 Å². The fourth-order valence-corrected chi connectivity index (χ4v) is 2.97. The third-order valence-electron chi connectivity index (χ3n) is 4.42. The number of nitrogens with one attached hydrogen (secondary N) is 1. The van der Waals surface area contributed by atoms with E-state index in [1.165, 1.54) is 7.11 Å². The molecule has 0 spiro atoms. The molecule has 9 nitrogen and oxygen atoms in total. The molecule has 2 heterocycles. The van der Waals surface area contributed by atoms with Crippen molar-refractivity contribution < 1.29 is 19.0 Å². The number of methoxy groups -OCH3 is 2. The Morgan fingerprint density at radius 1 is 1.25 bits per heavy atom. The third-order valence-corrected chi connectivity index (χ3v) is 4.42. The molecule has 2 amide bonds. The van der Waals surface area contributed by atoms with Gasteiger partial charge in [-0.2, -0.15) is 4.98 Å². The monoisotopic (exact) mass is 387 g/mol. The summed E-state index contributed by atoms with van der Waals surface area (Å²) in [4.78, 5) is 24.8. The van der Waals surface area contributed by atoms with E-state index >= 15 is 0 Å². The number of likely N-dealkylation sites (tertiary alicyclic amines) is 1. The lowest BCUT2D eigenvalue weighted by Crippen LogP contribution is -2.34. The van der Waals surface area contributed by atoms with Crippen LogP contribution >= 0.6 is 0 Å². The number of amides is 2. The fraction of sp³-hybridized carbons (Fsp3) is 0.421. The normalized spacial score (nSPS) is 15.9. The minimum absolute atomic E-state index is 0.135. The molecule has 28 heavy (non-hydrogen) atoms. The van der Waals surface area contributed by atoms with E-state index in [0.29, 0.717) is 36.2 Å². The summed E-state index contributed by atoms with van der Waals surface area (Å²) in [5.41, 5.74) is 0.556. The van der Waals surface area contributed by atoms with Crippen LogP contribution in [0.15, 0.2) is 30.6 Å². The zero-order chi connectivity index (χ0) is 20.1. The number of aromatic nitrogens is 2. The molecule has 150 valence electrons. The molecule has 0 aliphatic carbocycles. The Balaban J connectivity index is 1.61. The predicted molar refractivity (Wildman–Crippen MR) is 106 cm³/mol. The molecule has 1 fully saturated rings. The second kappa shape index (κ2) is 8.64. The molecule has 0 bridgehead atoms. The van der Waals surface area contributed by atoms with Crippen molar-refractivity contribution in [2.45, 2.75) is 12.5 Å². The van der Waals surface area contributed by atoms with Gasteiger partial charge >= 0.3 is 6.03 Å². The zero-order valence-corrected chi connectivity index (χ0v) is 16.5. The van der Waals surface area contributed by atoms with Crippen molar-refractivity contribution in [2.75, 3.05) is 51.6 Å². The van der Waals surface area contributed by atoms with Crippen molar-refractivity contribution in [3.05, 3.63) is 30.6 Å². The van der Waals surface area contributed by atoms with Gasteiger partial charge in [0.2, 0.25) is 5.88 Å². The smallest absolute Gasteiger partial charge is 0.322 e.